The van der Waals surface area contributed by atoms with Crippen LogP contribution in [-0.2, 0) is 9.59 Å². The molecule has 2 N–H and O–H groups in total. The summed E-state index contributed by atoms with van der Waals surface area (Å²) in [5.74, 6) is -6.21. The number of fused-ring (bicyclic) bond motifs is 1. The van der Waals surface area contributed by atoms with E-state index in [1.54, 1.807) is 12.2 Å². The summed E-state index contributed by atoms with van der Waals surface area (Å²) >= 11 is 1.48. The molecule has 1 aromatic carbocycles. The van der Waals surface area contributed by atoms with Crippen LogP contribution in [0.2, 0.25) is 0 Å². The molecule has 1 saturated carbocycles. The minimum Gasteiger partial charge on any atom is -0.481 e. The number of carbonyl (C=O) groups excluding carboxylic acids is 1. The fourth-order valence-corrected chi connectivity index (χ4v) is 5.18. The van der Waals surface area contributed by atoms with Gasteiger partial charge >= 0.3 is 5.97 Å². The number of hydrogen-bond donors (Lipinski definition) is 2. The minimum atomic E-state index is -3.05. The van der Waals surface area contributed by atoms with Crippen molar-refractivity contribution in [1.82, 2.24) is 0 Å². The fraction of sp³-hybridized carbons (Fsp3) is 0.478. The average molecular weight is 437 g/mol. The Bertz CT molecular complexity index is 888. The van der Waals surface area contributed by atoms with E-state index < -0.39 is 42.0 Å². The molecule has 1 aromatic heterocycles. The smallest absolute Gasteiger partial charge is 0.303 e. The lowest BCUT2D eigenvalue weighted by Gasteiger charge is -2.22. The standard InChI is InChI=1S/C23H26F2O4S/c24-23(25)14-19(27)16(17(23)8-3-1-2-4-10-22(28)29)11-12-18(26)21-13-15-7-5-6-9-20(15)30-21/h1,3,5-7,9,13,16-18,26H,2,4,8,10-12,14H2,(H,28,29)/b3-1-/t16-,17-,18-/m1/s1. The number of allylic oxidation sites excluding steroid dienone is 2. The van der Waals surface area contributed by atoms with E-state index in [4.69, 9.17) is 5.11 Å². The molecule has 0 amide bonds. The Labute approximate surface area is 178 Å². The molecule has 3 atom stereocenters. The quantitative estimate of drug-likeness (QED) is 0.367. The van der Waals surface area contributed by atoms with Crippen molar-refractivity contribution in [3.8, 4) is 0 Å². The molecule has 1 aliphatic carbocycles. The molecule has 0 saturated heterocycles. The van der Waals surface area contributed by atoms with Gasteiger partial charge in [-0.25, -0.2) is 8.78 Å². The number of carbonyl (C=O) groups is 2. The van der Waals surface area contributed by atoms with E-state index in [2.05, 4.69) is 0 Å². The third kappa shape index (κ3) is 5.52. The summed E-state index contributed by atoms with van der Waals surface area (Å²) in [6.07, 6.45) is 3.39. The highest BCUT2D eigenvalue weighted by molar-refractivity contribution is 7.19. The minimum absolute atomic E-state index is 0.0423. The van der Waals surface area contributed by atoms with Crippen LogP contribution in [0.4, 0.5) is 8.78 Å². The van der Waals surface area contributed by atoms with Gasteiger partial charge in [0.15, 0.2) is 0 Å². The maximum absolute atomic E-state index is 14.4. The number of hydrogen-bond acceptors (Lipinski definition) is 4. The molecule has 0 radical (unpaired) electrons. The van der Waals surface area contributed by atoms with Gasteiger partial charge in [-0.1, -0.05) is 30.4 Å². The van der Waals surface area contributed by atoms with Gasteiger partial charge in [-0.2, -0.15) is 0 Å². The lowest BCUT2D eigenvalue weighted by molar-refractivity contribution is -0.137. The fourth-order valence-electron chi connectivity index (χ4n) is 4.09. The maximum atomic E-state index is 14.4. The van der Waals surface area contributed by atoms with Crippen LogP contribution in [0.15, 0.2) is 42.5 Å². The number of aliphatic carboxylic acids is 1. The van der Waals surface area contributed by atoms with Crippen molar-refractivity contribution in [2.75, 3.05) is 0 Å². The van der Waals surface area contributed by atoms with Crippen LogP contribution in [-0.4, -0.2) is 27.9 Å². The van der Waals surface area contributed by atoms with Gasteiger partial charge < -0.3 is 10.2 Å². The SMILES string of the molecule is O=C(O)CCC/C=C\C[C@@H]1[C@@H](CC[C@@H](O)c2cc3ccccc3s2)C(=O)CC1(F)F. The normalized spacial score (nSPS) is 22.2. The van der Waals surface area contributed by atoms with Gasteiger partial charge in [0, 0.05) is 27.8 Å². The van der Waals surface area contributed by atoms with Crippen LogP contribution in [0.5, 0.6) is 0 Å². The van der Waals surface area contributed by atoms with Gasteiger partial charge in [0.25, 0.3) is 5.92 Å². The number of rotatable bonds is 10. The van der Waals surface area contributed by atoms with Gasteiger partial charge in [-0.3, -0.25) is 9.59 Å². The first-order valence-corrected chi connectivity index (χ1v) is 11.0. The van der Waals surface area contributed by atoms with Gasteiger partial charge in [0.1, 0.15) is 5.78 Å². The molecular weight excluding hydrogens is 410 g/mol. The van der Waals surface area contributed by atoms with Crippen LogP contribution in [0, 0.1) is 11.8 Å². The Morgan fingerprint density at radius 3 is 2.80 bits per heavy atom. The molecular formula is C23H26F2O4S. The van der Waals surface area contributed by atoms with Crippen molar-refractivity contribution in [3.05, 3.63) is 47.4 Å². The molecule has 3 rings (SSSR count). The number of Topliss-reactive ketones (excluding diaryl/α,β-unsaturated/α-hetero) is 1. The number of unbranched alkanes of at least 4 members (excludes halogenated alkanes) is 1. The first-order valence-electron chi connectivity index (χ1n) is 10.2. The highest BCUT2D eigenvalue weighted by atomic mass is 32.1. The van der Waals surface area contributed by atoms with Gasteiger partial charge in [-0.15, -0.1) is 11.3 Å². The second-order valence-electron chi connectivity index (χ2n) is 7.89. The summed E-state index contributed by atoms with van der Waals surface area (Å²) in [5, 5.41) is 20.2. The van der Waals surface area contributed by atoms with Crippen LogP contribution in [0.3, 0.4) is 0 Å². The summed E-state index contributed by atoms with van der Waals surface area (Å²) in [6, 6.07) is 9.68. The van der Waals surface area contributed by atoms with Crippen molar-refractivity contribution < 1.29 is 28.6 Å². The van der Waals surface area contributed by atoms with Crippen molar-refractivity contribution in [2.24, 2.45) is 11.8 Å². The summed E-state index contributed by atoms with van der Waals surface area (Å²) in [4.78, 5) is 23.5. The highest BCUT2D eigenvalue weighted by Gasteiger charge is 2.53. The number of aliphatic hydroxyl groups excluding tert-OH is 1. The molecule has 0 spiro atoms. The summed E-state index contributed by atoms with van der Waals surface area (Å²) in [5.41, 5.74) is 0. The molecule has 7 heteroatoms. The zero-order valence-corrected chi connectivity index (χ0v) is 17.4. The molecule has 2 aromatic rings. The third-order valence-electron chi connectivity index (χ3n) is 5.69. The second kappa shape index (κ2) is 9.79. The Hall–Kier alpha value is -2.12. The van der Waals surface area contributed by atoms with E-state index in [1.165, 1.54) is 11.3 Å². The van der Waals surface area contributed by atoms with Crippen LogP contribution < -0.4 is 0 Å². The molecule has 0 unspecified atom stereocenters. The number of alkyl halides is 2. The summed E-state index contributed by atoms with van der Waals surface area (Å²) in [7, 11) is 0. The van der Waals surface area contributed by atoms with E-state index in [-0.39, 0.29) is 25.7 Å². The molecule has 4 nitrogen and oxygen atoms in total. The zero-order chi connectivity index (χ0) is 21.7. The van der Waals surface area contributed by atoms with Crippen LogP contribution in [0.25, 0.3) is 10.1 Å². The second-order valence-corrected chi connectivity index (χ2v) is 9.01. The van der Waals surface area contributed by atoms with Gasteiger partial charge in [0.05, 0.1) is 12.5 Å². The van der Waals surface area contributed by atoms with Crippen molar-refractivity contribution >= 4 is 33.2 Å². The molecule has 0 aliphatic heterocycles. The van der Waals surface area contributed by atoms with E-state index in [9.17, 15) is 23.5 Å². The number of carboxylic acids is 1. The molecule has 0 bridgehead atoms. The number of halogens is 2. The Balaban J connectivity index is 1.58. The monoisotopic (exact) mass is 436 g/mol. The van der Waals surface area contributed by atoms with Crippen molar-refractivity contribution in [3.63, 3.8) is 0 Å². The zero-order valence-electron chi connectivity index (χ0n) is 16.6. The molecule has 1 aliphatic rings. The first kappa shape index (κ1) is 22.6. The topological polar surface area (TPSA) is 74.6 Å². The maximum Gasteiger partial charge on any atom is 0.303 e. The summed E-state index contributed by atoms with van der Waals surface area (Å²) < 4.78 is 29.8. The van der Waals surface area contributed by atoms with Gasteiger partial charge in [0.2, 0.25) is 0 Å². The Kier molecular flexibility index (Phi) is 7.36. The van der Waals surface area contributed by atoms with E-state index >= 15 is 0 Å². The predicted octanol–water partition coefficient (Wildman–Crippen LogP) is 5.76. The van der Waals surface area contributed by atoms with Crippen molar-refractivity contribution in [1.29, 1.82) is 0 Å². The number of benzene rings is 1. The van der Waals surface area contributed by atoms with Crippen molar-refractivity contribution in [2.45, 2.75) is 57.0 Å². The number of thiophene rings is 1. The number of carboxylic acid groups (broad SMARTS) is 1. The Morgan fingerprint density at radius 2 is 2.07 bits per heavy atom. The number of ketones is 1. The summed E-state index contributed by atoms with van der Waals surface area (Å²) in [6.45, 7) is 0. The molecule has 1 fully saturated rings. The lowest BCUT2D eigenvalue weighted by atomic mass is 9.86. The molecule has 30 heavy (non-hydrogen) atoms. The first-order chi connectivity index (χ1) is 14.3. The largest absolute Gasteiger partial charge is 0.481 e. The Morgan fingerprint density at radius 1 is 1.30 bits per heavy atom. The van der Waals surface area contributed by atoms with Gasteiger partial charge in [-0.05, 0) is 49.6 Å². The third-order valence-corrected chi connectivity index (χ3v) is 6.91. The molecule has 1 heterocycles. The van der Waals surface area contributed by atoms with Crippen LogP contribution >= 0.6 is 11.3 Å². The molecule has 162 valence electrons. The van der Waals surface area contributed by atoms with E-state index in [0.717, 1.165) is 15.0 Å². The average Bonchev–Trinajstić information content (AvgIpc) is 3.20. The lowest BCUT2D eigenvalue weighted by Crippen LogP contribution is -2.26. The van der Waals surface area contributed by atoms with E-state index in [1.807, 2.05) is 30.3 Å². The van der Waals surface area contributed by atoms with Crippen LogP contribution in [0.1, 0.15) is 55.9 Å². The number of aliphatic hydroxyl groups is 1. The highest BCUT2D eigenvalue weighted by Crippen LogP contribution is 2.47. The van der Waals surface area contributed by atoms with E-state index in [0.29, 0.717) is 12.8 Å². The predicted molar refractivity (Wildman–Crippen MR) is 113 cm³/mol.